The van der Waals surface area contributed by atoms with Crippen LogP contribution in [0.5, 0.6) is 23.0 Å². The van der Waals surface area contributed by atoms with Crippen LogP contribution in [-0.4, -0.2) is 51.7 Å². The summed E-state index contributed by atoms with van der Waals surface area (Å²) in [5.41, 5.74) is 6.32. The number of carbonyl (C=O) groups excluding carboxylic acids is 2. The van der Waals surface area contributed by atoms with Crippen molar-refractivity contribution in [3.63, 3.8) is 0 Å². The molecular formula is C27H32N4O6. The van der Waals surface area contributed by atoms with Gasteiger partial charge in [-0.3, -0.25) is 9.59 Å². The number of ether oxygens (including phenoxy) is 4. The molecule has 0 aliphatic carbocycles. The van der Waals surface area contributed by atoms with E-state index in [2.05, 4.69) is 34.2 Å². The van der Waals surface area contributed by atoms with E-state index in [0.717, 1.165) is 11.1 Å². The van der Waals surface area contributed by atoms with Gasteiger partial charge in [-0.05, 0) is 53.9 Å². The van der Waals surface area contributed by atoms with Crippen molar-refractivity contribution in [2.45, 2.75) is 19.3 Å². The van der Waals surface area contributed by atoms with Crippen LogP contribution in [0.3, 0.4) is 0 Å². The Kier molecular flexibility index (Phi) is 12.5. The molecule has 2 rings (SSSR count). The van der Waals surface area contributed by atoms with Gasteiger partial charge in [0, 0.05) is 12.8 Å². The van der Waals surface area contributed by atoms with Gasteiger partial charge in [0.1, 0.15) is 13.2 Å². The fraction of sp³-hybridized carbons (Fsp3) is 0.259. The molecule has 10 heteroatoms. The van der Waals surface area contributed by atoms with Crippen LogP contribution in [-0.2, 0) is 9.59 Å². The minimum absolute atomic E-state index is 0.134. The molecule has 0 aliphatic heterocycles. The molecule has 196 valence electrons. The number of amides is 2. The summed E-state index contributed by atoms with van der Waals surface area (Å²) in [6.07, 6.45) is 6.88. The van der Waals surface area contributed by atoms with Gasteiger partial charge < -0.3 is 18.9 Å². The average Bonchev–Trinajstić information content (AvgIpc) is 2.91. The lowest BCUT2D eigenvalue weighted by molar-refractivity contribution is -0.122. The maximum Gasteiger partial charge on any atom is 0.240 e. The smallest absolute Gasteiger partial charge is 0.240 e. The maximum atomic E-state index is 12.0. The lowest BCUT2D eigenvalue weighted by atomic mass is 10.2. The first kappa shape index (κ1) is 28.6. The topological polar surface area (TPSA) is 120 Å². The van der Waals surface area contributed by atoms with Gasteiger partial charge in [0.2, 0.25) is 11.8 Å². The Morgan fingerprint density at radius 3 is 1.57 bits per heavy atom. The van der Waals surface area contributed by atoms with Crippen LogP contribution in [0, 0.1) is 0 Å². The van der Waals surface area contributed by atoms with E-state index in [-0.39, 0.29) is 24.7 Å². The van der Waals surface area contributed by atoms with Gasteiger partial charge in [0.15, 0.2) is 23.0 Å². The van der Waals surface area contributed by atoms with Gasteiger partial charge >= 0.3 is 0 Å². The van der Waals surface area contributed by atoms with Crippen molar-refractivity contribution < 1.29 is 28.5 Å². The number of nitrogens with one attached hydrogen (secondary N) is 2. The first-order valence-electron chi connectivity index (χ1n) is 11.5. The molecule has 2 N–H and O–H groups in total. The number of hydrogen-bond acceptors (Lipinski definition) is 8. The van der Waals surface area contributed by atoms with E-state index in [0.29, 0.717) is 42.6 Å². The van der Waals surface area contributed by atoms with E-state index in [4.69, 9.17) is 18.9 Å². The Labute approximate surface area is 216 Å². The average molecular weight is 509 g/mol. The Balaban J connectivity index is 1.73. The van der Waals surface area contributed by atoms with Gasteiger partial charge in [-0.1, -0.05) is 25.3 Å². The number of hydrogen-bond donors (Lipinski definition) is 2. The third-order valence-corrected chi connectivity index (χ3v) is 4.70. The minimum Gasteiger partial charge on any atom is -0.493 e. The fourth-order valence-electron chi connectivity index (χ4n) is 2.94. The summed E-state index contributed by atoms with van der Waals surface area (Å²) in [6.45, 7) is 7.94. The fourth-order valence-corrected chi connectivity index (χ4v) is 2.94. The second kappa shape index (κ2) is 16.1. The highest BCUT2D eigenvalue weighted by molar-refractivity contribution is 5.84. The van der Waals surface area contributed by atoms with Gasteiger partial charge in [-0.2, -0.15) is 10.2 Å². The standard InChI is InChI=1S/C27H32N4O6/c1-5-14-36-22-12-10-20(16-24(22)34-3)18-28-30-26(32)8-7-9-27(33)31-29-19-21-11-13-23(37-15-6-2)25(17-21)35-4/h5-6,10-13,16-19H,1-2,7-9,14-15H2,3-4H3,(H,30,32)(H,31,33). The molecule has 2 aromatic rings. The predicted octanol–water partition coefficient (Wildman–Crippen LogP) is 3.60. The summed E-state index contributed by atoms with van der Waals surface area (Å²) in [7, 11) is 3.07. The van der Waals surface area contributed by atoms with Gasteiger partial charge in [-0.25, -0.2) is 10.9 Å². The summed E-state index contributed by atoms with van der Waals surface area (Å²) in [5.74, 6) is 1.63. The second-order valence-corrected chi connectivity index (χ2v) is 7.46. The molecule has 0 fully saturated rings. The van der Waals surface area contributed by atoms with Crippen molar-refractivity contribution >= 4 is 24.2 Å². The van der Waals surface area contributed by atoms with Crippen LogP contribution in [0.4, 0.5) is 0 Å². The molecule has 37 heavy (non-hydrogen) atoms. The highest BCUT2D eigenvalue weighted by Gasteiger charge is 2.07. The Morgan fingerprint density at radius 1 is 0.757 bits per heavy atom. The van der Waals surface area contributed by atoms with E-state index in [1.807, 2.05) is 0 Å². The van der Waals surface area contributed by atoms with E-state index >= 15 is 0 Å². The van der Waals surface area contributed by atoms with Crippen molar-refractivity contribution in [1.82, 2.24) is 10.9 Å². The molecule has 2 aromatic carbocycles. The maximum absolute atomic E-state index is 12.0. The molecule has 0 unspecified atom stereocenters. The van der Waals surface area contributed by atoms with Gasteiger partial charge in [-0.15, -0.1) is 0 Å². The van der Waals surface area contributed by atoms with E-state index < -0.39 is 0 Å². The van der Waals surface area contributed by atoms with E-state index in [1.54, 1.807) is 48.6 Å². The molecule has 0 aromatic heterocycles. The van der Waals surface area contributed by atoms with E-state index in [1.165, 1.54) is 26.6 Å². The predicted molar refractivity (Wildman–Crippen MR) is 143 cm³/mol. The Hall–Kier alpha value is -4.60. The Bertz CT molecular complexity index is 1040. The van der Waals surface area contributed by atoms with Crippen LogP contribution in [0.15, 0.2) is 71.9 Å². The van der Waals surface area contributed by atoms with Crippen LogP contribution in [0.25, 0.3) is 0 Å². The quantitative estimate of drug-likeness (QED) is 0.203. The van der Waals surface area contributed by atoms with Crippen LogP contribution in [0.2, 0.25) is 0 Å². The third kappa shape index (κ3) is 10.3. The molecule has 0 radical (unpaired) electrons. The van der Waals surface area contributed by atoms with Crippen molar-refractivity contribution in [2.24, 2.45) is 10.2 Å². The lowest BCUT2D eigenvalue weighted by Gasteiger charge is -2.09. The number of hydrazone groups is 2. The number of benzene rings is 2. The Morgan fingerprint density at radius 2 is 1.19 bits per heavy atom. The van der Waals surface area contributed by atoms with E-state index in [9.17, 15) is 9.59 Å². The summed E-state index contributed by atoms with van der Waals surface area (Å²) in [4.78, 5) is 24.0. The molecular weight excluding hydrogens is 476 g/mol. The first-order valence-corrected chi connectivity index (χ1v) is 11.5. The summed E-state index contributed by atoms with van der Waals surface area (Å²) in [6, 6.07) is 10.5. The number of rotatable bonds is 16. The molecule has 0 saturated heterocycles. The molecule has 0 heterocycles. The molecule has 0 spiro atoms. The minimum atomic E-state index is -0.309. The number of nitrogens with zero attached hydrogens (tertiary/aromatic N) is 2. The molecule has 2 amide bonds. The van der Waals surface area contributed by atoms with Crippen LogP contribution in [0.1, 0.15) is 30.4 Å². The molecule has 0 saturated carbocycles. The van der Waals surface area contributed by atoms with Gasteiger partial charge in [0.25, 0.3) is 0 Å². The van der Waals surface area contributed by atoms with Gasteiger partial charge in [0.05, 0.1) is 26.6 Å². The molecule has 0 bridgehead atoms. The van der Waals surface area contributed by atoms with Crippen molar-refractivity contribution in [2.75, 3.05) is 27.4 Å². The second-order valence-electron chi connectivity index (χ2n) is 7.46. The molecule has 10 nitrogen and oxygen atoms in total. The summed E-state index contributed by atoms with van der Waals surface area (Å²) >= 11 is 0. The zero-order valence-corrected chi connectivity index (χ0v) is 21.1. The number of carbonyl (C=O) groups is 2. The largest absolute Gasteiger partial charge is 0.493 e. The highest BCUT2D eigenvalue weighted by atomic mass is 16.5. The SMILES string of the molecule is C=CCOc1ccc(C=NNC(=O)CCCC(=O)NN=Cc2ccc(OCC=C)c(OC)c2)cc1OC. The van der Waals surface area contributed by atoms with Crippen molar-refractivity contribution in [3.05, 3.63) is 72.8 Å². The van der Waals surface area contributed by atoms with Crippen LogP contribution >= 0.6 is 0 Å². The summed E-state index contributed by atoms with van der Waals surface area (Å²) < 4.78 is 21.6. The lowest BCUT2D eigenvalue weighted by Crippen LogP contribution is -2.20. The molecule has 0 aliphatic rings. The normalized spacial score (nSPS) is 10.6. The zero-order valence-electron chi connectivity index (χ0n) is 21.1. The van der Waals surface area contributed by atoms with Crippen molar-refractivity contribution in [3.8, 4) is 23.0 Å². The number of methoxy groups -OCH3 is 2. The third-order valence-electron chi connectivity index (χ3n) is 4.70. The summed E-state index contributed by atoms with van der Waals surface area (Å²) in [5, 5.41) is 7.88. The first-order chi connectivity index (χ1) is 18.0. The zero-order chi connectivity index (χ0) is 26.9. The highest BCUT2D eigenvalue weighted by Crippen LogP contribution is 2.28. The van der Waals surface area contributed by atoms with Crippen LogP contribution < -0.4 is 29.8 Å². The monoisotopic (exact) mass is 508 g/mol. The molecule has 0 atom stereocenters. The van der Waals surface area contributed by atoms with Crippen molar-refractivity contribution in [1.29, 1.82) is 0 Å².